The highest BCUT2D eigenvalue weighted by Crippen LogP contribution is 2.24. The zero-order valence-corrected chi connectivity index (χ0v) is 12.4. The maximum atomic E-state index is 12.3. The van der Waals surface area contributed by atoms with E-state index in [-0.39, 0.29) is 11.3 Å². The number of carbonyl (C=O) groups excluding carboxylic acids is 1. The van der Waals surface area contributed by atoms with Gasteiger partial charge in [0.1, 0.15) is 16.9 Å². The molecule has 116 valence electrons. The summed E-state index contributed by atoms with van der Waals surface area (Å²) in [5.41, 5.74) is 0.538. The van der Waals surface area contributed by atoms with Crippen LogP contribution in [-0.4, -0.2) is 10.8 Å². The molecule has 6 nitrogen and oxygen atoms in total. The van der Waals surface area contributed by atoms with Crippen molar-refractivity contribution in [1.82, 2.24) is 5.32 Å². The molecule has 0 radical (unpaired) electrons. The minimum atomic E-state index is -0.569. The number of nitro groups is 1. The number of nitro benzene ring substituents is 1. The molecule has 0 aliphatic rings. The van der Waals surface area contributed by atoms with Crippen molar-refractivity contribution in [1.29, 1.82) is 0 Å². The first kappa shape index (κ1) is 14.8. The lowest BCUT2D eigenvalue weighted by atomic mass is 10.1. The zero-order chi connectivity index (χ0) is 16.4. The Morgan fingerprint density at radius 3 is 2.61 bits per heavy atom. The molecule has 1 unspecified atom stereocenters. The summed E-state index contributed by atoms with van der Waals surface area (Å²) < 4.78 is 5.70. The Bertz CT molecular complexity index is 852. The van der Waals surface area contributed by atoms with Crippen molar-refractivity contribution in [3.05, 3.63) is 76.0 Å². The van der Waals surface area contributed by atoms with E-state index >= 15 is 0 Å². The number of rotatable bonds is 4. The van der Waals surface area contributed by atoms with Crippen molar-refractivity contribution in [2.24, 2.45) is 0 Å². The van der Waals surface area contributed by atoms with Gasteiger partial charge in [0.05, 0.1) is 11.0 Å². The van der Waals surface area contributed by atoms with Crippen LogP contribution in [-0.2, 0) is 0 Å². The third kappa shape index (κ3) is 2.91. The van der Waals surface area contributed by atoms with E-state index < -0.39 is 16.9 Å². The highest BCUT2D eigenvalue weighted by Gasteiger charge is 2.22. The van der Waals surface area contributed by atoms with Crippen molar-refractivity contribution >= 4 is 22.6 Å². The fourth-order valence-electron chi connectivity index (χ4n) is 2.39. The molecule has 23 heavy (non-hydrogen) atoms. The molecule has 0 aliphatic carbocycles. The molecule has 1 aromatic heterocycles. The van der Waals surface area contributed by atoms with Crippen LogP contribution in [0.1, 0.15) is 29.1 Å². The Morgan fingerprint density at radius 2 is 1.87 bits per heavy atom. The highest BCUT2D eigenvalue weighted by atomic mass is 16.6. The number of fused-ring (bicyclic) bond motifs is 1. The number of para-hydroxylation sites is 2. The molecule has 1 heterocycles. The van der Waals surface area contributed by atoms with E-state index in [0.29, 0.717) is 5.76 Å². The molecule has 6 heteroatoms. The quantitative estimate of drug-likeness (QED) is 0.586. The van der Waals surface area contributed by atoms with Gasteiger partial charge in [0.25, 0.3) is 11.6 Å². The van der Waals surface area contributed by atoms with E-state index in [4.69, 9.17) is 4.42 Å². The molecule has 2 aromatic carbocycles. The van der Waals surface area contributed by atoms with Crippen molar-refractivity contribution < 1.29 is 14.1 Å². The number of nitrogens with zero attached hydrogens (tertiary/aromatic N) is 1. The maximum absolute atomic E-state index is 12.3. The second-order valence-corrected chi connectivity index (χ2v) is 5.16. The Hall–Kier alpha value is -3.15. The monoisotopic (exact) mass is 310 g/mol. The number of benzene rings is 2. The molecule has 0 saturated heterocycles. The third-order valence-electron chi connectivity index (χ3n) is 3.56. The molecule has 0 bridgehead atoms. The SMILES string of the molecule is CC(NC(=O)c1ccccc1[N+](=O)[O-])c1cc2ccccc2o1. The van der Waals surface area contributed by atoms with E-state index in [9.17, 15) is 14.9 Å². The summed E-state index contributed by atoms with van der Waals surface area (Å²) >= 11 is 0. The fraction of sp³-hybridized carbons (Fsp3) is 0.118. The normalized spacial score (nSPS) is 12.0. The van der Waals surface area contributed by atoms with Crippen LogP contribution in [0, 0.1) is 10.1 Å². The predicted octanol–water partition coefficient (Wildman–Crippen LogP) is 3.83. The summed E-state index contributed by atoms with van der Waals surface area (Å²) in [7, 11) is 0. The first-order valence-electron chi connectivity index (χ1n) is 7.09. The van der Waals surface area contributed by atoms with E-state index in [1.165, 1.54) is 18.2 Å². The lowest BCUT2D eigenvalue weighted by Crippen LogP contribution is -2.27. The van der Waals surface area contributed by atoms with Gasteiger partial charge in [-0.05, 0) is 25.1 Å². The van der Waals surface area contributed by atoms with Gasteiger partial charge in [0.2, 0.25) is 0 Å². The summed E-state index contributed by atoms with van der Waals surface area (Å²) in [6.07, 6.45) is 0. The molecule has 1 N–H and O–H groups in total. The van der Waals surface area contributed by atoms with Crippen molar-refractivity contribution in [3.63, 3.8) is 0 Å². The Kier molecular flexibility index (Phi) is 3.80. The van der Waals surface area contributed by atoms with Gasteiger partial charge in [-0.1, -0.05) is 30.3 Å². The molecule has 0 fully saturated rings. The fourth-order valence-corrected chi connectivity index (χ4v) is 2.39. The minimum absolute atomic E-state index is 0.0282. The number of carbonyl (C=O) groups is 1. The van der Waals surface area contributed by atoms with Crippen LogP contribution in [0.4, 0.5) is 5.69 Å². The highest BCUT2D eigenvalue weighted by molar-refractivity contribution is 5.98. The number of hydrogen-bond acceptors (Lipinski definition) is 4. The largest absolute Gasteiger partial charge is 0.459 e. The minimum Gasteiger partial charge on any atom is -0.459 e. The van der Waals surface area contributed by atoms with Gasteiger partial charge in [-0.2, -0.15) is 0 Å². The lowest BCUT2D eigenvalue weighted by Gasteiger charge is -2.11. The van der Waals surface area contributed by atoms with E-state index in [1.807, 2.05) is 30.3 Å². The van der Waals surface area contributed by atoms with E-state index in [0.717, 1.165) is 11.0 Å². The molecular weight excluding hydrogens is 296 g/mol. The molecule has 0 saturated carbocycles. The van der Waals surface area contributed by atoms with Crippen molar-refractivity contribution in [3.8, 4) is 0 Å². The van der Waals surface area contributed by atoms with E-state index in [2.05, 4.69) is 5.32 Å². The first-order valence-corrected chi connectivity index (χ1v) is 7.09. The number of amides is 1. The Morgan fingerprint density at radius 1 is 1.17 bits per heavy atom. The van der Waals surface area contributed by atoms with Crippen LogP contribution in [0.3, 0.4) is 0 Å². The average Bonchev–Trinajstić information content (AvgIpc) is 2.99. The number of furan rings is 1. The van der Waals surface area contributed by atoms with E-state index in [1.54, 1.807) is 13.0 Å². The van der Waals surface area contributed by atoms with Crippen LogP contribution < -0.4 is 5.32 Å². The summed E-state index contributed by atoms with van der Waals surface area (Å²) in [6, 6.07) is 14.8. The van der Waals surface area contributed by atoms with Crippen LogP contribution in [0.25, 0.3) is 11.0 Å². The Balaban J connectivity index is 1.83. The van der Waals surface area contributed by atoms with Gasteiger partial charge < -0.3 is 9.73 Å². The molecule has 3 aromatic rings. The van der Waals surface area contributed by atoms with Crippen molar-refractivity contribution in [2.45, 2.75) is 13.0 Å². The van der Waals surface area contributed by atoms with Crippen LogP contribution in [0.15, 0.2) is 59.0 Å². The molecule has 0 spiro atoms. The topological polar surface area (TPSA) is 85.4 Å². The van der Waals surface area contributed by atoms with Gasteiger partial charge >= 0.3 is 0 Å². The van der Waals surface area contributed by atoms with Crippen LogP contribution >= 0.6 is 0 Å². The van der Waals surface area contributed by atoms with Gasteiger partial charge in [-0.3, -0.25) is 14.9 Å². The molecule has 1 atom stereocenters. The van der Waals surface area contributed by atoms with Crippen LogP contribution in [0.2, 0.25) is 0 Å². The molecule has 0 aliphatic heterocycles. The third-order valence-corrected chi connectivity index (χ3v) is 3.56. The predicted molar refractivity (Wildman–Crippen MR) is 85.2 cm³/mol. The average molecular weight is 310 g/mol. The summed E-state index contributed by atoms with van der Waals surface area (Å²) in [6.45, 7) is 1.77. The zero-order valence-electron chi connectivity index (χ0n) is 12.4. The Labute approximate surface area is 131 Å². The summed E-state index contributed by atoms with van der Waals surface area (Å²) in [5.74, 6) is 0.0865. The summed E-state index contributed by atoms with van der Waals surface area (Å²) in [4.78, 5) is 22.7. The van der Waals surface area contributed by atoms with Gasteiger partial charge in [0.15, 0.2) is 0 Å². The van der Waals surface area contributed by atoms with Crippen molar-refractivity contribution in [2.75, 3.05) is 0 Å². The smallest absolute Gasteiger partial charge is 0.282 e. The second kappa shape index (κ2) is 5.92. The molecule has 1 amide bonds. The molecular formula is C17H14N2O4. The standard InChI is InChI=1S/C17H14N2O4/c1-11(16-10-12-6-2-5-9-15(12)23-16)18-17(20)13-7-3-4-8-14(13)19(21)22/h2-11H,1H3,(H,18,20). The van der Waals surface area contributed by atoms with Crippen LogP contribution in [0.5, 0.6) is 0 Å². The number of nitrogens with one attached hydrogen (secondary N) is 1. The first-order chi connectivity index (χ1) is 11.1. The molecule has 3 rings (SSSR count). The van der Waals surface area contributed by atoms with Gasteiger partial charge in [-0.15, -0.1) is 0 Å². The lowest BCUT2D eigenvalue weighted by molar-refractivity contribution is -0.385. The second-order valence-electron chi connectivity index (χ2n) is 5.16. The number of hydrogen-bond donors (Lipinski definition) is 1. The van der Waals surface area contributed by atoms with Gasteiger partial charge in [0, 0.05) is 11.5 Å². The van der Waals surface area contributed by atoms with Gasteiger partial charge in [-0.25, -0.2) is 0 Å². The maximum Gasteiger partial charge on any atom is 0.282 e. The summed E-state index contributed by atoms with van der Waals surface area (Å²) in [5, 5.41) is 14.7.